The quantitative estimate of drug-likeness (QED) is 0.0585. The van der Waals surface area contributed by atoms with Crippen LogP contribution < -0.4 is 43.0 Å². The van der Waals surface area contributed by atoms with Crippen molar-refractivity contribution in [3.05, 3.63) is 47.5 Å². The third-order valence-corrected chi connectivity index (χ3v) is 7.63. The zero-order valence-electron chi connectivity index (χ0n) is 27.5. The number of carbonyl (C=O) groups is 2. The molecule has 14 nitrogen and oxygen atoms in total. The van der Waals surface area contributed by atoms with Gasteiger partial charge in [0.1, 0.15) is 29.2 Å². The summed E-state index contributed by atoms with van der Waals surface area (Å²) in [5, 5.41) is 6.60. The van der Waals surface area contributed by atoms with Crippen LogP contribution in [0.3, 0.4) is 0 Å². The molecule has 2 heterocycles. The number of aldehydes is 1. The van der Waals surface area contributed by atoms with Crippen molar-refractivity contribution in [2.24, 2.45) is 11.5 Å². The van der Waals surface area contributed by atoms with Crippen LogP contribution >= 0.6 is 0 Å². The molecule has 0 bridgehead atoms. The van der Waals surface area contributed by atoms with E-state index >= 15 is 0 Å². The van der Waals surface area contributed by atoms with Crippen LogP contribution in [-0.4, -0.2) is 121 Å². The molecule has 2 fully saturated rings. The lowest BCUT2D eigenvalue weighted by Gasteiger charge is -2.26. The number of nitrogen functional groups attached to an aromatic ring is 2. The largest absolute Gasteiger partial charge is 0.491 e. The van der Waals surface area contributed by atoms with E-state index in [9.17, 15) is 9.59 Å². The second kappa shape index (κ2) is 20.9. The lowest BCUT2D eigenvalue weighted by atomic mass is 10.1. The Morgan fingerprint density at radius 2 is 1.26 bits per heavy atom. The average molecular weight is 657 g/mol. The highest BCUT2D eigenvalue weighted by molar-refractivity contribution is 5.96. The monoisotopic (exact) mass is 656 g/mol. The number of benzene rings is 2. The van der Waals surface area contributed by atoms with Crippen molar-refractivity contribution in [2.45, 2.75) is 12.8 Å². The first-order valence-corrected chi connectivity index (χ1v) is 16.1. The first-order chi connectivity index (χ1) is 22.9. The molecule has 47 heavy (non-hydrogen) atoms. The van der Waals surface area contributed by atoms with Gasteiger partial charge in [-0.15, -0.1) is 0 Å². The molecule has 2 aromatic rings. The summed E-state index contributed by atoms with van der Waals surface area (Å²) in [6.07, 6.45) is 6.31. The van der Waals surface area contributed by atoms with Crippen LogP contribution in [0.2, 0.25) is 0 Å². The van der Waals surface area contributed by atoms with Crippen LogP contribution in [0.25, 0.3) is 0 Å². The Kier molecular flexibility index (Phi) is 16.6. The minimum Gasteiger partial charge on any atom is -0.491 e. The van der Waals surface area contributed by atoms with Crippen molar-refractivity contribution in [2.75, 3.05) is 121 Å². The molecule has 0 aromatic heterocycles. The highest BCUT2D eigenvalue weighted by atomic mass is 16.5. The fraction of sp³-hybridized carbons (Fsp3) is 0.515. The summed E-state index contributed by atoms with van der Waals surface area (Å²) in [5.74, 6) is 0.456. The van der Waals surface area contributed by atoms with Crippen molar-refractivity contribution in [1.29, 1.82) is 0 Å². The predicted molar refractivity (Wildman–Crippen MR) is 187 cm³/mol. The maximum atomic E-state index is 11.8. The van der Waals surface area contributed by atoms with Gasteiger partial charge in [-0.1, -0.05) is 12.2 Å². The van der Waals surface area contributed by atoms with Gasteiger partial charge in [0.2, 0.25) is 5.91 Å². The molecule has 0 unspecified atom stereocenters. The Labute approximate surface area is 277 Å². The van der Waals surface area contributed by atoms with E-state index in [1.807, 2.05) is 12.2 Å². The molecule has 14 heteroatoms. The van der Waals surface area contributed by atoms with Gasteiger partial charge < -0.3 is 52.5 Å². The van der Waals surface area contributed by atoms with Crippen molar-refractivity contribution in [3.8, 4) is 11.5 Å². The van der Waals surface area contributed by atoms with Crippen LogP contribution in [0.4, 0.5) is 22.7 Å². The van der Waals surface area contributed by atoms with Gasteiger partial charge in [-0.3, -0.25) is 19.4 Å². The molecule has 2 aromatic carbocycles. The summed E-state index contributed by atoms with van der Waals surface area (Å²) in [5.41, 5.74) is 25.4. The van der Waals surface area contributed by atoms with Gasteiger partial charge in [0.25, 0.3) is 0 Å². The molecule has 0 atom stereocenters. The van der Waals surface area contributed by atoms with E-state index in [0.717, 1.165) is 84.8 Å². The molecule has 260 valence electrons. The second-order valence-corrected chi connectivity index (χ2v) is 10.9. The van der Waals surface area contributed by atoms with Crippen LogP contribution in [0.15, 0.2) is 36.4 Å². The maximum absolute atomic E-state index is 11.8. The number of nitrogens with zero attached hydrogens (tertiary/aromatic N) is 2. The Balaban J connectivity index is 0.00000294. The Morgan fingerprint density at radius 3 is 1.72 bits per heavy atom. The molecule has 0 aliphatic carbocycles. The SMILES string of the molecule is CN.NC(=O)c1cc(N)c(NC/C=C/CNc2c(N)cc(C=O)cc2OCCCN2CCOCC2)c(OCCCN2CCOCC2)c1. The van der Waals surface area contributed by atoms with Gasteiger partial charge in [-0.2, -0.15) is 0 Å². The first-order valence-electron chi connectivity index (χ1n) is 16.1. The number of nitrogens with one attached hydrogen (secondary N) is 2. The number of carbonyl (C=O) groups excluding carboxylic acids is 2. The number of morpholine rings is 2. The molecular formula is C33H52N8O6. The number of hydrogen-bond acceptors (Lipinski definition) is 13. The molecule has 2 aliphatic rings. The van der Waals surface area contributed by atoms with Crippen LogP contribution in [0.1, 0.15) is 33.6 Å². The Hall–Kier alpha value is -4.08. The lowest BCUT2D eigenvalue weighted by molar-refractivity contribution is 0.0357. The average Bonchev–Trinajstić information content (AvgIpc) is 3.09. The minimum absolute atomic E-state index is 0.290. The van der Waals surface area contributed by atoms with Gasteiger partial charge in [-0.25, -0.2) is 0 Å². The summed E-state index contributed by atoms with van der Waals surface area (Å²) in [6.45, 7) is 10.4. The van der Waals surface area contributed by atoms with Gasteiger partial charge in [0.15, 0.2) is 0 Å². The molecular weight excluding hydrogens is 604 g/mol. The fourth-order valence-electron chi connectivity index (χ4n) is 5.19. The van der Waals surface area contributed by atoms with E-state index in [0.29, 0.717) is 71.7 Å². The molecule has 2 aliphatic heterocycles. The number of primary amides is 1. The van der Waals surface area contributed by atoms with Crippen LogP contribution in [-0.2, 0) is 9.47 Å². The molecule has 2 saturated heterocycles. The number of nitrogens with two attached hydrogens (primary N) is 4. The molecule has 0 saturated carbocycles. The Bertz CT molecular complexity index is 1280. The molecule has 0 radical (unpaired) electrons. The number of amides is 1. The summed E-state index contributed by atoms with van der Waals surface area (Å²) in [6, 6.07) is 6.49. The third-order valence-electron chi connectivity index (χ3n) is 7.63. The summed E-state index contributed by atoms with van der Waals surface area (Å²) in [7, 11) is 1.50. The molecule has 10 N–H and O–H groups in total. The van der Waals surface area contributed by atoms with E-state index < -0.39 is 5.91 Å². The van der Waals surface area contributed by atoms with E-state index in [1.54, 1.807) is 24.3 Å². The normalized spacial score (nSPS) is 15.4. The Morgan fingerprint density at radius 1 is 0.787 bits per heavy atom. The number of rotatable bonds is 18. The highest BCUT2D eigenvalue weighted by Gasteiger charge is 2.15. The van der Waals surface area contributed by atoms with Crippen LogP contribution in [0.5, 0.6) is 11.5 Å². The fourth-order valence-corrected chi connectivity index (χ4v) is 5.19. The maximum Gasteiger partial charge on any atom is 0.248 e. The highest BCUT2D eigenvalue weighted by Crippen LogP contribution is 2.34. The van der Waals surface area contributed by atoms with Crippen molar-refractivity contribution < 1.29 is 28.5 Å². The second-order valence-electron chi connectivity index (χ2n) is 10.9. The standard InChI is InChI=1S/C32H47N7O6.CH5N/c33-26-19-24(23-40)20-28(44-13-3-7-38-9-15-42-16-10-38)30(26)36-5-1-2-6-37-31-27(34)21-25(32(35)41)22-29(31)45-14-4-8-39-11-17-43-18-12-39;1-2/h1-2,19-23,36-37H,3-18,33-34H2,(H2,35,41);2H2,1H3/b2-1+;. The summed E-state index contributed by atoms with van der Waals surface area (Å²) < 4.78 is 22.9. The molecule has 0 spiro atoms. The third kappa shape index (κ3) is 12.6. The van der Waals surface area contributed by atoms with Crippen LogP contribution in [0, 0.1) is 0 Å². The summed E-state index contributed by atoms with van der Waals surface area (Å²) in [4.78, 5) is 28.0. The van der Waals surface area contributed by atoms with E-state index in [-0.39, 0.29) is 0 Å². The van der Waals surface area contributed by atoms with Gasteiger partial charge in [-0.05, 0) is 44.2 Å². The number of hydrogen-bond donors (Lipinski definition) is 6. The molecule has 1 amide bonds. The summed E-state index contributed by atoms with van der Waals surface area (Å²) >= 11 is 0. The topological polar surface area (TPSA) is 206 Å². The van der Waals surface area contributed by atoms with Crippen molar-refractivity contribution in [1.82, 2.24) is 9.80 Å². The van der Waals surface area contributed by atoms with E-state index in [2.05, 4.69) is 26.2 Å². The number of ether oxygens (including phenoxy) is 4. The van der Waals surface area contributed by atoms with E-state index in [1.165, 1.54) is 7.05 Å². The molecule has 4 rings (SSSR count). The minimum atomic E-state index is -0.571. The zero-order chi connectivity index (χ0) is 33.9. The van der Waals surface area contributed by atoms with Gasteiger partial charge in [0, 0.05) is 63.5 Å². The smallest absolute Gasteiger partial charge is 0.248 e. The van der Waals surface area contributed by atoms with Gasteiger partial charge >= 0.3 is 0 Å². The number of anilines is 4. The first kappa shape index (κ1) is 37.4. The van der Waals surface area contributed by atoms with Crippen molar-refractivity contribution >= 4 is 34.9 Å². The lowest BCUT2D eigenvalue weighted by Crippen LogP contribution is -2.37. The zero-order valence-corrected chi connectivity index (χ0v) is 27.5. The van der Waals surface area contributed by atoms with Crippen molar-refractivity contribution in [3.63, 3.8) is 0 Å². The predicted octanol–water partition coefficient (Wildman–Crippen LogP) is 1.62. The van der Waals surface area contributed by atoms with Gasteiger partial charge in [0.05, 0.1) is 51.0 Å². The van der Waals surface area contributed by atoms with E-state index in [4.69, 9.17) is 36.1 Å².